The minimum atomic E-state index is -0.264. The molecule has 3 aromatic rings. The Bertz CT molecular complexity index is 970. The number of aromatic amines is 1. The Balaban J connectivity index is 1.50. The van der Waals surface area contributed by atoms with Crippen LogP contribution in [0.5, 0.6) is 0 Å². The number of carbonyl (C=O) groups excluding carboxylic acids is 2. The molecule has 0 unspecified atom stereocenters. The van der Waals surface area contributed by atoms with Crippen LogP contribution in [-0.4, -0.2) is 21.7 Å². The van der Waals surface area contributed by atoms with Crippen LogP contribution >= 0.6 is 0 Å². The van der Waals surface area contributed by atoms with E-state index in [1.54, 1.807) is 0 Å². The van der Waals surface area contributed by atoms with Crippen molar-refractivity contribution < 1.29 is 14.0 Å². The standard InChI is InChI=1S/C20H19N3O3/c1-12-17(18-15(22-12)8-5-9-16(18)24)19(25)21-10-14-11-26-20(23-14)13-6-3-2-4-7-13/h2-4,6-7,11,22H,5,8-10H2,1H3,(H,21,25). The van der Waals surface area contributed by atoms with Crippen molar-refractivity contribution in [3.05, 3.63) is 64.8 Å². The lowest BCUT2D eigenvalue weighted by atomic mass is 9.93. The predicted octanol–water partition coefficient (Wildman–Crippen LogP) is 3.43. The summed E-state index contributed by atoms with van der Waals surface area (Å²) in [6.07, 6.45) is 3.66. The molecule has 2 N–H and O–H groups in total. The lowest BCUT2D eigenvalue weighted by Gasteiger charge is -2.11. The second-order valence-corrected chi connectivity index (χ2v) is 6.45. The SMILES string of the molecule is Cc1[nH]c2c(c1C(=O)NCc1coc(-c3ccccc3)n1)C(=O)CCC2. The number of oxazole rings is 1. The zero-order valence-electron chi connectivity index (χ0n) is 14.5. The number of H-pyrrole nitrogens is 1. The van der Waals surface area contributed by atoms with E-state index >= 15 is 0 Å². The van der Waals surface area contributed by atoms with Gasteiger partial charge < -0.3 is 14.7 Å². The van der Waals surface area contributed by atoms with Gasteiger partial charge in [-0.05, 0) is 31.9 Å². The quantitative estimate of drug-likeness (QED) is 0.755. The molecule has 0 saturated carbocycles. The van der Waals surface area contributed by atoms with E-state index in [4.69, 9.17) is 4.42 Å². The van der Waals surface area contributed by atoms with Crippen LogP contribution in [-0.2, 0) is 13.0 Å². The number of aryl methyl sites for hydroxylation is 2. The number of ketones is 1. The van der Waals surface area contributed by atoms with Crippen molar-refractivity contribution in [2.24, 2.45) is 0 Å². The molecular formula is C20H19N3O3. The highest BCUT2D eigenvalue weighted by molar-refractivity contribution is 6.10. The summed E-state index contributed by atoms with van der Waals surface area (Å²) in [6.45, 7) is 2.06. The van der Waals surface area contributed by atoms with Gasteiger partial charge in [0.25, 0.3) is 5.91 Å². The first-order valence-corrected chi connectivity index (χ1v) is 8.66. The van der Waals surface area contributed by atoms with Crippen molar-refractivity contribution in [1.29, 1.82) is 0 Å². The molecule has 0 aliphatic heterocycles. The maximum atomic E-state index is 12.7. The molecular weight excluding hydrogens is 330 g/mol. The highest BCUT2D eigenvalue weighted by Crippen LogP contribution is 2.27. The molecule has 0 bridgehead atoms. The van der Waals surface area contributed by atoms with Gasteiger partial charge in [-0.3, -0.25) is 9.59 Å². The molecule has 0 radical (unpaired) electrons. The van der Waals surface area contributed by atoms with Gasteiger partial charge in [0, 0.05) is 23.4 Å². The lowest BCUT2D eigenvalue weighted by molar-refractivity contribution is 0.0925. The molecule has 4 rings (SSSR count). The highest BCUT2D eigenvalue weighted by Gasteiger charge is 2.28. The second-order valence-electron chi connectivity index (χ2n) is 6.45. The molecule has 6 heteroatoms. The Hall–Kier alpha value is -3.15. The van der Waals surface area contributed by atoms with Crippen LogP contribution in [0.25, 0.3) is 11.5 Å². The van der Waals surface area contributed by atoms with Gasteiger partial charge in [-0.2, -0.15) is 0 Å². The first-order valence-electron chi connectivity index (χ1n) is 8.66. The summed E-state index contributed by atoms with van der Waals surface area (Å²) < 4.78 is 5.48. The summed E-state index contributed by atoms with van der Waals surface area (Å²) in [5, 5.41) is 2.84. The van der Waals surface area contributed by atoms with E-state index in [1.165, 1.54) is 6.26 Å². The number of fused-ring (bicyclic) bond motifs is 1. The summed E-state index contributed by atoms with van der Waals surface area (Å²) in [4.78, 5) is 32.5. The molecule has 1 aliphatic rings. The molecule has 6 nitrogen and oxygen atoms in total. The maximum absolute atomic E-state index is 12.7. The molecule has 0 saturated heterocycles. The number of nitrogens with zero attached hydrogens (tertiary/aromatic N) is 1. The number of carbonyl (C=O) groups is 2. The minimum absolute atomic E-state index is 0.0357. The third kappa shape index (κ3) is 2.94. The summed E-state index contributed by atoms with van der Waals surface area (Å²) in [7, 11) is 0. The molecule has 0 atom stereocenters. The molecule has 1 aromatic carbocycles. The van der Waals surface area contributed by atoms with E-state index in [-0.39, 0.29) is 18.2 Å². The van der Waals surface area contributed by atoms with E-state index in [0.29, 0.717) is 29.1 Å². The Morgan fingerprint density at radius 2 is 2.08 bits per heavy atom. The third-order valence-corrected chi connectivity index (χ3v) is 4.60. The van der Waals surface area contributed by atoms with E-state index in [2.05, 4.69) is 15.3 Å². The van der Waals surface area contributed by atoms with Crippen LogP contribution in [0, 0.1) is 6.92 Å². The van der Waals surface area contributed by atoms with E-state index in [9.17, 15) is 9.59 Å². The fraction of sp³-hybridized carbons (Fsp3) is 0.250. The van der Waals surface area contributed by atoms with Crippen molar-refractivity contribution in [2.45, 2.75) is 32.7 Å². The molecule has 26 heavy (non-hydrogen) atoms. The van der Waals surface area contributed by atoms with Crippen molar-refractivity contribution >= 4 is 11.7 Å². The fourth-order valence-corrected chi connectivity index (χ4v) is 3.38. The first-order chi connectivity index (χ1) is 12.6. The molecule has 1 aliphatic carbocycles. The molecule has 132 valence electrons. The summed E-state index contributed by atoms with van der Waals surface area (Å²) in [6, 6.07) is 9.57. The van der Waals surface area contributed by atoms with Gasteiger partial charge in [-0.15, -0.1) is 0 Å². The van der Waals surface area contributed by atoms with Crippen LogP contribution < -0.4 is 5.32 Å². The largest absolute Gasteiger partial charge is 0.444 e. The molecule has 1 amide bonds. The van der Waals surface area contributed by atoms with Crippen molar-refractivity contribution in [3.63, 3.8) is 0 Å². The minimum Gasteiger partial charge on any atom is -0.444 e. The van der Waals surface area contributed by atoms with Crippen LogP contribution in [0.3, 0.4) is 0 Å². The highest BCUT2D eigenvalue weighted by atomic mass is 16.3. The predicted molar refractivity (Wildman–Crippen MR) is 95.9 cm³/mol. The van der Waals surface area contributed by atoms with Crippen molar-refractivity contribution in [3.8, 4) is 11.5 Å². The number of benzene rings is 1. The van der Waals surface area contributed by atoms with Crippen molar-refractivity contribution in [1.82, 2.24) is 15.3 Å². The smallest absolute Gasteiger partial charge is 0.254 e. The molecule has 0 spiro atoms. The Labute approximate surface area is 150 Å². The summed E-state index contributed by atoms with van der Waals surface area (Å²) in [5.41, 5.74) is 4.12. The number of aromatic nitrogens is 2. The van der Waals surface area contributed by atoms with Gasteiger partial charge in [0.2, 0.25) is 5.89 Å². The van der Waals surface area contributed by atoms with Crippen molar-refractivity contribution in [2.75, 3.05) is 0 Å². The van der Waals surface area contributed by atoms with E-state index < -0.39 is 0 Å². The van der Waals surface area contributed by atoms with Gasteiger partial charge in [0.15, 0.2) is 5.78 Å². The van der Waals surface area contributed by atoms with E-state index in [0.717, 1.165) is 29.8 Å². The Morgan fingerprint density at radius 3 is 2.88 bits per heavy atom. The van der Waals surface area contributed by atoms with Gasteiger partial charge in [-0.1, -0.05) is 18.2 Å². The Morgan fingerprint density at radius 1 is 1.27 bits per heavy atom. The summed E-state index contributed by atoms with van der Waals surface area (Å²) in [5.74, 6) is 0.285. The number of amides is 1. The molecule has 2 heterocycles. The lowest BCUT2D eigenvalue weighted by Crippen LogP contribution is -2.26. The van der Waals surface area contributed by atoms with Crippen LogP contribution in [0.4, 0.5) is 0 Å². The third-order valence-electron chi connectivity index (χ3n) is 4.60. The number of nitrogens with one attached hydrogen (secondary N) is 2. The Kier molecular flexibility index (Phi) is 4.16. The maximum Gasteiger partial charge on any atom is 0.254 e. The monoisotopic (exact) mass is 349 g/mol. The zero-order chi connectivity index (χ0) is 18.1. The second kappa shape index (κ2) is 6.63. The number of Topliss-reactive ketones (excluding diaryl/α,β-unsaturated/α-hetero) is 1. The van der Waals surface area contributed by atoms with Crippen LogP contribution in [0.1, 0.15) is 50.6 Å². The number of hydrogen-bond acceptors (Lipinski definition) is 4. The van der Waals surface area contributed by atoms with Gasteiger partial charge in [-0.25, -0.2) is 4.98 Å². The van der Waals surface area contributed by atoms with Gasteiger partial charge >= 0.3 is 0 Å². The normalized spacial score (nSPS) is 13.5. The fourth-order valence-electron chi connectivity index (χ4n) is 3.38. The van der Waals surface area contributed by atoms with Gasteiger partial charge in [0.05, 0.1) is 23.4 Å². The van der Waals surface area contributed by atoms with Crippen LogP contribution in [0.2, 0.25) is 0 Å². The first kappa shape index (κ1) is 16.3. The van der Waals surface area contributed by atoms with Gasteiger partial charge in [0.1, 0.15) is 6.26 Å². The topological polar surface area (TPSA) is 88.0 Å². The average Bonchev–Trinajstić information content (AvgIpc) is 3.25. The number of rotatable bonds is 4. The number of hydrogen-bond donors (Lipinski definition) is 2. The molecule has 2 aromatic heterocycles. The summed E-state index contributed by atoms with van der Waals surface area (Å²) >= 11 is 0. The average molecular weight is 349 g/mol. The van der Waals surface area contributed by atoms with Crippen LogP contribution in [0.15, 0.2) is 41.0 Å². The van der Waals surface area contributed by atoms with E-state index in [1.807, 2.05) is 37.3 Å². The molecule has 0 fully saturated rings. The zero-order valence-corrected chi connectivity index (χ0v) is 14.5.